The fourth-order valence-electron chi connectivity index (χ4n) is 2.21. The maximum atomic E-state index is 13.6. The summed E-state index contributed by atoms with van der Waals surface area (Å²) in [4.78, 5) is 26.8. The minimum Gasteiger partial charge on any atom is -0.338 e. The molecule has 1 fully saturated rings. The molecule has 0 aromatic heterocycles. The summed E-state index contributed by atoms with van der Waals surface area (Å²) < 4.78 is 26.8. The number of nitrogens with one attached hydrogen (secondary N) is 1. The number of rotatable bonds is 2. The maximum Gasteiger partial charge on any atom is 0.317 e. The van der Waals surface area contributed by atoms with E-state index in [4.69, 9.17) is 0 Å². The molecule has 3 amide bonds. The van der Waals surface area contributed by atoms with Crippen LogP contribution in [0.1, 0.15) is 17.3 Å². The lowest BCUT2D eigenvalue weighted by Crippen LogP contribution is -2.53. The van der Waals surface area contributed by atoms with Crippen LogP contribution in [0.3, 0.4) is 0 Å². The predicted octanol–water partition coefficient (Wildman–Crippen LogP) is 1.45. The molecule has 0 radical (unpaired) electrons. The summed E-state index contributed by atoms with van der Waals surface area (Å²) in [7, 11) is 0. The van der Waals surface area contributed by atoms with Crippen LogP contribution in [0, 0.1) is 11.6 Å². The minimum atomic E-state index is -1.13. The van der Waals surface area contributed by atoms with Gasteiger partial charge in [0, 0.05) is 32.7 Å². The molecule has 2 rings (SSSR count). The molecule has 0 saturated carbocycles. The van der Waals surface area contributed by atoms with Crippen molar-refractivity contribution in [2.75, 3.05) is 32.7 Å². The van der Waals surface area contributed by atoms with E-state index in [1.165, 1.54) is 17.0 Å². The number of hydrogen-bond donors (Lipinski definition) is 1. The molecule has 1 heterocycles. The fourth-order valence-corrected chi connectivity index (χ4v) is 2.21. The average molecular weight is 297 g/mol. The molecule has 114 valence electrons. The van der Waals surface area contributed by atoms with Crippen LogP contribution in [0.5, 0.6) is 0 Å². The van der Waals surface area contributed by atoms with Crippen LogP contribution in [-0.2, 0) is 0 Å². The first-order valence-corrected chi connectivity index (χ1v) is 6.80. The molecule has 21 heavy (non-hydrogen) atoms. The van der Waals surface area contributed by atoms with E-state index in [9.17, 15) is 18.4 Å². The number of amides is 3. The van der Waals surface area contributed by atoms with Crippen molar-refractivity contribution in [2.45, 2.75) is 6.92 Å². The molecule has 7 heteroatoms. The molecule has 1 aromatic carbocycles. The van der Waals surface area contributed by atoms with Crippen molar-refractivity contribution in [3.63, 3.8) is 0 Å². The highest BCUT2D eigenvalue weighted by molar-refractivity contribution is 5.94. The van der Waals surface area contributed by atoms with Crippen LogP contribution in [0.2, 0.25) is 0 Å². The number of urea groups is 1. The molecule has 0 bridgehead atoms. The molecule has 1 aliphatic rings. The van der Waals surface area contributed by atoms with Gasteiger partial charge >= 0.3 is 6.03 Å². The standard InChI is InChI=1S/C14H17F2N3O2/c1-2-17-14(21)19-8-6-18(7-9-19)13(20)10-4-3-5-11(15)12(10)16/h3-5H,2,6-9H2,1H3,(H,17,21). The first-order chi connectivity index (χ1) is 10.0. The van der Waals surface area contributed by atoms with E-state index in [1.54, 1.807) is 4.90 Å². The second-order valence-corrected chi connectivity index (χ2v) is 4.72. The minimum absolute atomic E-state index is 0.179. The number of carbonyl (C=O) groups excluding carboxylic acids is 2. The summed E-state index contributed by atoms with van der Waals surface area (Å²) >= 11 is 0. The Balaban J connectivity index is 2.00. The van der Waals surface area contributed by atoms with E-state index in [0.29, 0.717) is 32.7 Å². The van der Waals surface area contributed by atoms with Crippen LogP contribution >= 0.6 is 0 Å². The van der Waals surface area contributed by atoms with Gasteiger partial charge in [-0.05, 0) is 19.1 Å². The summed E-state index contributed by atoms with van der Waals surface area (Å²) in [6, 6.07) is 3.36. The summed E-state index contributed by atoms with van der Waals surface area (Å²) in [5, 5.41) is 2.68. The Labute approximate surface area is 121 Å². The van der Waals surface area contributed by atoms with Crippen molar-refractivity contribution in [3.8, 4) is 0 Å². The van der Waals surface area contributed by atoms with Crippen molar-refractivity contribution in [1.29, 1.82) is 0 Å². The molecule has 0 aliphatic carbocycles. The third-order valence-corrected chi connectivity index (χ3v) is 3.36. The second-order valence-electron chi connectivity index (χ2n) is 4.72. The average Bonchev–Trinajstić information content (AvgIpc) is 2.50. The van der Waals surface area contributed by atoms with Crippen LogP contribution in [0.25, 0.3) is 0 Å². The lowest BCUT2D eigenvalue weighted by Gasteiger charge is -2.34. The van der Waals surface area contributed by atoms with Gasteiger partial charge in [0.2, 0.25) is 0 Å². The molecule has 0 unspecified atom stereocenters. The molecule has 5 nitrogen and oxygen atoms in total. The first kappa shape index (κ1) is 15.2. The third-order valence-electron chi connectivity index (χ3n) is 3.36. The van der Waals surface area contributed by atoms with Crippen molar-refractivity contribution >= 4 is 11.9 Å². The van der Waals surface area contributed by atoms with Crippen LogP contribution in [0.4, 0.5) is 13.6 Å². The lowest BCUT2D eigenvalue weighted by molar-refractivity contribution is 0.0659. The Morgan fingerprint density at radius 3 is 2.38 bits per heavy atom. The van der Waals surface area contributed by atoms with Gasteiger partial charge in [-0.15, -0.1) is 0 Å². The van der Waals surface area contributed by atoms with E-state index < -0.39 is 17.5 Å². The Bertz CT molecular complexity index is 543. The summed E-state index contributed by atoms with van der Waals surface area (Å²) in [6.45, 7) is 3.69. The fraction of sp³-hybridized carbons (Fsp3) is 0.429. The van der Waals surface area contributed by atoms with Crippen molar-refractivity contribution in [1.82, 2.24) is 15.1 Å². The van der Waals surface area contributed by atoms with Gasteiger partial charge in [0.05, 0.1) is 5.56 Å². The Hall–Kier alpha value is -2.18. The van der Waals surface area contributed by atoms with Crippen molar-refractivity contribution in [3.05, 3.63) is 35.4 Å². The number of piperazine rings is 1. The van der Waals surface area contributed by atoms with Gasteiger partial charge in [0.15, 0.2) is 11.6 Å². The van der Waals surface area contributed by atoms with Gasteiger partial charge in [-0.3, -0.25) is 4.79 Å². The SMILES string of the molecule is CCNC(=O)N1CCN(C(=O)c2cccc(F)c2F)CC1. The zero-order valence-corrected chi connectivity index (χ0v) is 11.7. The first-order valence-electron chi connectivity index (χ1n) is 6.80. The summed E-state index contributed by atoms with van der Waals surface area (Å²) in [5.41, 5.74) is -0.276. The second kappa shape index (κ2) is 6.51. The highest BCUT2D eigenvalue weighted by Crippen LogP contribution is 2.15. The molecular weight excluding hydrogens is 280 g/mol. The predicted molar refractivity (Wildman–Crippen MR) is 72.9 cm³/mol. The smallest absolute Gasteiger partial charge is 0.317 e. The van der Waals surface area contributed by atoms with Crippen LogP contribution < -0.4 is 5.32 Å². The van der Waals surface area contributed by atoms with Gasteiger partial charge < -0.3 is 15.1 Å². The molecule has 0 atom stereocenters. The van der Waals surface area contributed by atoms with Crippen molar-refractivity contribution in [2.24, 2.45) is 0 Å². The zero-order chi connectivity index (χ0) is 15.4. The van der Waals surface area contributed by atoms with Gasteiger partial charge in [0.1, 0.15) is 0 Å². The van der Waals surface area contributed by atoms with E-state index in [-0.39, 0.29) is 11.6 Å². The van der Waals surface area contributed by atoms with Crippen molar-refractivity contribution < 1.29 is 18.4 Å². The Kier molecular flexibility index (Phi) is 4.72. The van der Waals surface area contributed by atoms with E-state index >= 15 is 0 Å². The largest absolute Gasteiger partial charge is 0.338 e. The summed E-state index contributed by atoms with van der Waals surface area (Å²) in [5.74, 6) is -2.72. The monoisotopic (exact) mass is 297 g/mol. The Morgan fingerprint density at radius 1 is 1.14 bits per heavy atom. The third kappa shape index (κ3) is 3.29. The quantitative estimate of drug-likeness (QED) is 0.898. The Morgan fingerprint density at radius 2 is 1.76 bits per heavy atom. The highest BCUT2D eigenvalue weighted by Gasteiger charge is 2.26. The van der Waals surface area contributed by atoms with Gasteiger partial charge in [0.25, 0.3) is 5.91 Å². The van der Waals surface area contributed by atoms with E-state index in [1.807, 2.05) is 6.92 Å². The molecule has 1 saturated heterocycles. The van der Waals surface area contributed by atoms with Gasteiger partial charge in [-0.1, -0.05) is 6.07 Å². The van der Waals surface area contributed by atoms with Gasteiger partial charge in [-0.2, -0.15) is 0 Å². The van der Waals surface area contributed by atoms with Crippen LogP contribution in [0.15, 0.2) is 18.2 Å². The number of carbonyl (C=O) groups is 2. The highest BCUT2D eigenvalue weighted by atomic mass is 19.2. The van der Waals surface area contributed by atoms with Gasteiger partial charge in [-0.25, -0.2) is 13.6 Å². The zero-order valence-electron chi connectivity index (χ0n) is 11.7. The number of benzene rings is 1. The molecule has 0 spiro atoms. The summed E-state index contributed by atoms with van der Waals surface area (Å²) in [6.07, 6.45) is 0. The molecular formula is C14H17F2N3O2. The number of hydrogen-bond acceptors (Lipinski definition) is 2. The normalized spacial score (nSPS) is 15.0. The number of halogens is 2. The molecule has 1 aliphatic heterocycles. The maximum absolute atomic E-state index is 13.6. The van der Waals surface area contributed by atoms with E-state index in [0.717, 1.165) is 6.07 Å². The topological polar surface area (TPSA) is 52.7 Å². The lowest BCUT2D eigenvalue weighted by atomic mass is 10.1. The molecule has 1 N–H and O–H groups in total. The molecule has 1 aromatic rings. The van der Waals surface area contributed by atoms with E-state index in [2.05, 4.69) is 5.32 Å². The number of nitrogens with zero attached hydrogens (tertiary/aromatic N) is 2. The van der Waals surface area contributed by atoms with Crippen LogP contribution in [-0.4, -0.2) is 54.5 Å².